The third-order valence-corrected chi connectivity index (χ3v) is 4.59. The van der Waals surface area contributed by atoms with Crippen molar-refractivity contribution in [2.45, 2.75) is 58.5 Å². The van der Waals surface area contributed by atoms with Crippen LogP contribution in [0.2, 0.25) is 0 Å². The van der Waals surface area contributed by atoms with Gasteiger partial charge in [-0.3, -0.25) is 0 Å². The zero-order valence-corrected chi connectivity index (χ0v) is 12.6. The van der Waals surface area contributed by atoms with Crippen molar-refractivity contribution in [3.8, 4) is 0 Å². The average molecular weight is 281 g/mol. The van der Waals surface area contributed by atoms with Crippen LogP contribution in [0.5, 0.6) is 0 Å². The summed E-state index contributed by atoms with van der Waals surface area (Å²) in [5, 5.41) is 3.53. The lowest BCUT2D eigenvalue weighted by Crippen LogP contribution is -2.42. The first-order valence-corrected chi connectivity index (χ1v) is 7.70. The van der Waals surface area contributed by atoms with Crippen molar-refractivity contribution in [3.05, 3.63) is 35.4 Å². The van der Waals surface area contributed by atoms with Crippen LogP contribution >= 0.6 is 0 Å². The van der Waals surface area contributed by atoms with Gasteiger partial charge >= 0.3 is 0 Å². The summed E-state index contributed by atoms with van der Waals surface area (Å²) in [6, 6.07) is 4.66. The maximum absolute atomic E-state index is 13.8. The van der Waals surface area contributed by atoms with Crippen LogP contribution in [0.4, 0.5) is 8.78 Å². The lowest BCUT2D eigenvalue weighted by molar-refractivity contribution is 0.194. The maximum Gasteiger partial charge on any atom is 0.163 e. The Labute approximate surface area is 120 Å². The van der Waals surface area contributed by atoms with Gasteiger partial charge in [-0.1, -0.05) is 38.8 Å². The van der Waals surface area contributed by atoms with Gasteiger partial charge in [0.1, 0.15) is 0 Å². The molecule has 1 saturated carbocycles. The van der Waals surface area contributed by atoms with E-state index < -0.39 is 11.6 Å². The zero-order chi connectivity index (χ0) is 14.7. The van der Waals surface area contributed by atoms with E-state index in [4.69, 9.17) is 0 Å². The number of rotatable bonds is 4. The second-order valence-corrected chi connectivity index (χ2v) is 6.33. The molecule has 3 atom stereocenters. The van der Waals surface area contributed by atoms with Gasteiger partial charge in [-0.2, -0.15) is 0 Å². The molecule has 0 heterocycles. The normalized spacial score (nSPS) is 24.9. The highest BCUT2D eigenvalue weighted by molar-refractivity contribution is 5.22. The molecular formula is C17H25F2N. The number of halogens is 2. The Hall–Kier alpha value is -0.960. The van der Waals surface area contributed by atoms with E-state index in [2.05, 4.69) is 19.2 Å². The second kappa shape index (κ2) is 6.66. The number of nitrogens with one attached hydrogen (secondary N) is 1. The Morgan fingerprint density at radius 3 is 2.50 bits per heavy atom. The molecule has 2 rings (SSSR count). The molecule has 1 aliphatic rings. The minimum absolute atomic E-state index is 0.157. The van der Waals surface area contributed by atoms with E-state index in [9.17, 15) is 8.78 Å². The van der Waals surface area contributed by atoms with Gasteiger partial charge in [0.25, 0.3) is 0 Å². The summed E-state index contributed by atoms with van der Waals surface area (Å²) in [5.74, 6) is -0.232. The fourth-order valence-corrected chi connectivity index (χ4v) is 3.43. The molecule has 20 heavy (non-hydrogen) atoms. The maximum atomic E-state index is 13.8. The largest absolute Gasteiger partial charge is 0.307 e. The number of benzene rings is 1. The van der Waals surface area contributed by atoms with E-state index >= 15 is 0 Å². The fourth-order valence-electron chi connectivity index (χ4n) is 3.43. The van der Waals surface area contributed by atoms with Crippen molar-refractivity contribution in [3.63, 3.8) is 0 Å². The van der Waals surface area contributed by atoms with Crippen LogP contribution in [-0.2, 0) is 0 Å². The Morgan fingerprint density at radius 1 is 1.10 bits per heavy atom. The standard InChI is InChI=1S/C17H25F2N/c1-11(2)13-7-4-5-10-16(13)20-12(3)14-8-6-9-15(18)17(14)19/h6,8-9,11-13,16,20H,4-5,7,10H2,1-3H3. The highest BCUT2D eigenvalue weighted by Crippen LogP contribution is 2.32. The quantitative estimate of drug-likeness (QED) is 0.833. The minimum Gasteiger partial charge on any atom is -0.307 e. The summed E-state index contributed by atoms with van der Waals surface area (Å²) < 4.78 is 27.2. The van der Waals surface area contributed by atoms with Crippen molar-refractivity contribution >= 4 is 0 Å². The van der Waals surface area contributed by atoms with Crippen molar-refractivity contribution in [1.29, 1.82) is 0 Å². The predicted octanol–water partition coefficient (Wildman–Crippen LogP) is 4.83. The first-order chi connectivity index (χ1) is 9.50. The third kappa shape index (κ3) is 3.38. The highest BCUT2D eigenvalue weighted by Gasteiger charge is 2.29. The van der Waals surface area contributed by atoms with Crippen LogP contribution in [0.3, 0.4) is 0 Å². The summed E-state index contributed by atoms with van der Waals surface area (Å²) in [7, 11) is 0. The molecule has 0 aromatic heterocycles. The fraction of sp³-hybridized carbons (Fsp3) is 0.647. The molecule has 0 spiro atoms. The molecule has 1 fully saturated rings. The molecule has 0 radical (unpaired) electrons. The number of hydrogen-bond donors (Lipinski definition) is 1. The molecule has 112 valence electrons. The van der Waals surface area contributed by atoms with E-state index in [0.717, 1.165) is 6.42 Å². The Balaban J connectivity index is 2.09. The van der Waals surface area contributed by atoms with E-state index in [1.54, 1.807) is 12.1 Å². The van der Waals surface area contributed by atoms with E-state index in [1.165, 1.54) is 25.3 Å². The van der Waals surface area contributed by atoms with Crippen LogP contribution < -0.4 is 5.32 Å². The molecule has 0 amide bonds. The van der Waals surface area contributed by atoms with E-state index in [0.29, 0.717) is 23.4 Å². The summed E-state index contributed by atoms with van der Waals surface area (Å²) in [5.41, 5.74) is 0.429. The summed E-state index contributed by atoms with van der Waals surface area (Å²) in [4.78, 5) is 0. The van der Waals surface area contributed by atoms with Gasteiger partial charge in [0.2, 0.25) is 0 Å². The monoisotopic (exact) mass is 281 g/mol. The molecule has 1 N–H and O–H groups in total. The summed E-state index contributed by atoms with van der Waals surface area (Å²) in [6.45, 7) is 6.42. The Bertz CT molecular complexity index is 445. The van der Waals surface area contributed by atoms with E-state index in [-0.39, 0.29) is 6.04 Å². The average Bonchev–Trinajstić information content (AvgIpc) is 2.42. The molecule has 3 heteroatoms. The lowest BCUT2D eigenvalue weighted by atomic mass is 9.77. The predicted molar refractivity (Wildman–Crippen MR) is 78.5 cm³/mol. The van der Waals surface area contributed by atoms with Crippen LogP contribution in [0.25, 0.3) is 0 Å². The van der Waals surface area contributed by atoms with Crippen molar-refractivity contribution in [2.24, 2.45) is 11.8 Å². The van der Waals surface area contributed by atoms with Crippen LogP contribution in [0, 0.1) is 23.5 Å². The zero-order valence-electron chi connectivity index (χ0n) is 12.6. The van der Waals surface area contributed by atoms with Crippen molar-refractivity contribution in [1.82, 2.24) is 5.32 Å². The summed E-state index contributed by atoms with van der Waals surface area (Å²) in [6.07, 6.45) is 4.86. The van der Waals surface area contributed by atoms with Crippen LogP contribution in [-0.4, -0.2) is 6.04 Å². The van der Waals surface area contributed by atoms with Crippen molar-refractivity contribution < 1.29 is 8.78 Å². The van der Waals surface area contributed by atoms with E-state index in [1.807, 2.05) is 6.92 Å². The van der Waals surface area contributed by atoms with Crippen LogP contribution in [0.15, 0.2) is 18.2 Å². The van der Waals surface area contributed by atoms with Gasteiger partial charge in [0, 0.05) is 17.6 Å². The van der Waals surface area contributed by atoms with Gasteiger partial charge in [-0.25, -0.2) is 8.78 Å². The minimum atomic E-state index is -0.764. The Morgan fingerprint density at radius 2 is 1.80 bits per heavy atom. The van der Waals surface area contributed by atoms with Gasteiger partial charge < -0.3 is 5.32 Å². The van der Waals surface area contributed by atoms with Crippen molar-refractivity contribution in [2.75, 3.05) is 0 Å². The molecule has 0 saturated heterocycles. The summed E-state index contributed by atoms with van der Waals surface area (Å²) >= 11 is 0. The van der Waals surface area contributed by atoms with Crippen LogP contribution in [0.1, 0.15) is 58.1 Å². The van der Waals surface area contributed by atoms with Gasteiger partial charge in [-0.05, 0) is 37.7 Å². The first kappa shape index (κ1) is 15.4. The molecule has 1 aromatic rings. The third-order valence-electron chi connectivity index (χ3n) is 4.59. The molecule has 1 aromatic carbocycles. The molecule has 1 nitrogen and oxygen atoms in total. The molecule has 3 unspecified atom stereocenters. The topological polar surface area (TPSA) is 12.0 Å². The smallest absolute Gasteiger partial charge is 0.163 e. The SMILES string of the molecule is CC(NC1CCCCC1C(C)C)c1cccc(F)c1F. The highest BCUT2D eigenvalue weighted by atomic mass is 19.2. The second-order valence-electron chi connectivity index (χ2n) is 6.33. The molecule has 1 aliphatic carbocycles. The number of hydrogen-bond acceptors (Lipinski definition) is 1. The Kier molecular flexibility index (Phi) is 5.14. The molecule has 0 bridgehead atoms. The van der Waals surface area contributed by atoms with Gasteiger partial charge in [0.05, 0.1) is 0 Å². The first-order valence-electron chi connectivity index (χ1n) is 7.70. The van der Waals surface area contributed by atoms with Gasteiger partial charge in [0.15, 0.2) is 11.6 Å². The lowest BCUT2D eigenvalue weighted by Gasteiger charge is -2.37. The molecular weight excluding hydrogens is 256 g/mol. The van der Waals surface area contributed by atoms with Gasteiger partial charge in [-0.15, -0.1) is 0 Å². The molecule has 0 aliphatic heterocycles.